The van der Waals surface area contributed by atoms with E-state index in [4.69, 9.17) is 0 Å². The average Bonchev–Trinajstić information content (AvgIpc) is 2.51. The SMILES string of the molecule is C=Cc1cc2c(cc1C=C)=CC=C=CC=2. The zero-order valence-electron chi connectivity index (χ0n) is 8.53. The second-order valence-corrected chi connectivity index (χ2v) is 3.35. The minimum absolute atomic E-state index is 1.11. The van der Waals surface area contributed by atoms with Gasteiger partial charge < -0.3 is 0 Å². The van der Waals surface area contributed by atoms with Gasteiger partial charge in [0.25, 0.3) is 0 Å². The molecule has 0 heterocycles. The number of rotatable bonds is 2. The maximum Gasteiger partial charge on any atom is -0.0171 e. The monoisotopic (exact) mass is 192 g/mol. The molecule has 0 bridgehead atoms. The van der Waals surface area contributed by atoms with E-state index in [2.05, 4.69) is 43.2 Å². The number of benzene rings is 1. The van der Waals surface area contributed by atoms with Gasteiger partial charge in [0.05, 0.1) is 0 Å². The van der Waals surface area contributed by atoms with Gasteiger partial charge >= 0.3 is 0 Å². The van der Waals surface area contributed by atoms with E-state index >= 15 is 0 Å². The Bertz CT molecular complexity index is 541. The number of hydrogen-bond acceptors (Lipinski definition) is 0. The van der Waals surface area contributed by atoms with Gasteiger partial charge in [-0.05, 0) is 58.0 Å². The van der Waals surface area contributed by atoms with Crippen molar-refractivity contribution in [3.8, 4) is 0 Å². The van der Waals surface area contributed by atoms with E-state index in [0.29, 0.717) is 0 Å². The Balaban J connectivity index is 2.86. The molecule has 2 rings (SSSR count). The van der Waals surface area contributed by atoms with Crippen LogP contribution in [0.1, 0.15) is 11.1 Å². The molecule has 0 aromatic heterocycles. The van der Waals surface area contributed by atoms with Crippen LogP contribution in [0.25, 0.3) is 24.3 Å². The molecule has 0 unspecified atom stereocenters. The van der Waals surface area contributed by atoms with Gasteiger partial charge in [0.15, 0.2) is 0 Å². The Labute approximate surface area is 89.6 Å². The van der Waals surface area contributed by atoms with E-state index in [1.54, 1.807) is 0 Å². The maximum absolute atomic E-state index is 3.81. The third-order valence-electron chi connectivity index (χ3n) is 2.45. The van der Waals surface area contributed by atoms with Crippen LogP contribution in [0.4, 0.5) is 0 Å². The lowest BCUT2D eigenvalue weighted by molar-refractivity contribution is 1.48. The second-order valence-electron chi connectivity index (χ2n) is 3.35. The third kappa shape index (κ3) is 1.76. The Morgan fingerprint density at radius 1 is 0.867 bits per heavy atom. The predicted molar refractivity (Wildman–Crippen MR) is 67.5 cm³/mol. The quantitative estimate of drug-likeness (QED) is 0.630. The minimum Gasteiger partial charge on any atom is -0.121 e. The lowest BCUT2D eigenvalue weighted by Crippen LogP contribution is -2.24. The molecule has 0 saturated carbocycles. The summed E-state index contributed by atoms with van der Waals surface area (Å²) in [5, 5.41) is 2.38. The summed E-state index contributed by atoms with van der Waals surface area (Å²) in [4.78, 5) is 0. The standard InChI is InChI=1S/C15H12/c1-3-12-10-14-8-6-5-7-9-15(14)11-13(12)4-2/h3-4,6-11H,1-2H2. The van der Waals surface area contributed by atoms with Crippen LogP contribution in [-0.2, 0) is 0 Å². The molecule has 0 nitrogen and oxygen atoms in total. The highest BCUT2D eigenvalue weighted by Crippen LogP contribution is 2.06. The van der Waals surface area contributed by atoms with Crippen LogP contribution >= 0.6 is 0 Å². The fourth-order valence-electron chi connectivity index (χ4n) is 1.64. The van der Waals surface area contributed by atoms with E-state index in [0.717, 1.165) is 11.1 Å². The molecule has 0 radical (unpaired) electrons. The van der Waals surface area contributed by atoms with Crippen molar-refractivity contribution in [2.24, 2.45) is 0 Å². The molecule has 1 aromatic rings. The molecule has 1 aliphatic carbocycles. The molecule has 0 heteroatoms. The van der Waals surface area contributed by atoms with E-state index < -0.39 is 0 Å². The maximum atomic E-state index is 3.81. The Kier molecular flexibility index (Phi) is 2.53. The first kappa shape index (κ1) is 9.51. The van der Waals surface area contributed by atoms with E-state index in [1.807, 2.05) is 24.3 Å². The first-order valence-corrected chi connectivity index (χ1v) is 4.87. The zero-order valence-corrected chi connectivity index (χ0v) is 8.53. The molecule has 0 spiro atoms. The van der Waals surface area contributed by atoms with Crippen molar-refractivity contribution >= 4 is 24.3 Å². The molecule has 0 amide bonds. The van der Waals surface area contributed by atoms with Crippen LogP contribution < -0.4 is 10.4 Å². The summed E-state index contributed by atoms with van der Waals surface area (Å²) < 4.78 is 0. The van der Waals surface area contributed by atoms with Crippen molar-refractivity contribution < 1.29 is 0 Å². The van der Waals surface area contributed by atoms with E-state index in [-0.39, 0.29) is 0 Å². The minimum atomic E-state index is 1.11. The Morgan fingerprint density at radius 2 is 1.33 bits per heavy atom. The summed E-state index contributed by atoms with van der Waals surface area (Å²) in [7, 11) is 0. The summed E-state index contributed by atoms with van der Waals surface area (Å²) in [6.07, 6.45) is 11.6. The topological polar surface area (TPSA) is 0 Å². The summed E-state index contributed by atoms with van der Waals surface area (Å²) in [6, 6.07) is 4.24. The fraction of sp³-hybridized carbons (Fsp3) is 0. The molecule has 0 fully saturated rings. The van der Waals surface area contributed by atoms with Gasteiger partial charge in [-0.15, -0.1) is 5.73 Å². The van der Waals surface area contributed by atoms with Gasteiger partial charge in [0.2, 0.25) is 0 Å². The van der Waals surface area contributed by atoms with Gasteiger partial charge in [-0.25, -0.2) is 0 Å². The molecule has 0 atom stereocenters. The molecular formula is C15H12. The van der Waals surface area contributed by atoms with Crippen LogP contribution in [0.15, 0.2) is 43.2 Å². The number of fused-ring (bicyclic) bond motifs is 1. The molecule has 1 aliphatic rings. The van der Waals surface area contributed by atoms with Crippen LogP contribution in [0.3, 0.4) is 0 Å². The van der Waals surface area contributed by atoms with Gasteiger partial charge in [-0.1, -0.05) is 25.3 Å². The number of hydrogen-bond donors (Lipinski definition) is 0. The van der Waals surface area contributed by atoms with Crippen LogP contribution in [0.2, 0.25) is 0 Å². The lowest BCUT2D eigenvalue weighted by atomic mass is 10.0. The van der Waals surface area contributed by atoms with Gasteiger partial charge in [-0.3, -0.25) is 0 Å². The molecule has 1 aromatic carbocycles. The Hall–Kier alpha value is -2.04. The van der Waals surface area contributed by atoms with Gasteiger partial charge in [0.1, 0.15) is 0 Å². The first-order valence-electron chi connectivity index (χ1n) is 4.87. The normalized spacial score (nSPS) is 12.0. The summed E-state index contributed by atoms with van der Waals surface area (Å²) >= 11 is 0. The lowest BCUT2D eigenvalue weighted by Gasteiger charge is -2.00. The smallest absolute Gasteiger partial charge is 0.0171 e. The molecule has 15 heavy (non-hydrogen) atoms. The van der Waals surface area contributed by atoms with E-state index in [1.165, 1.54) is 10.4 Å². The summed E-state index contributed by atoms with van der Waals surface area (Å²) in [5.41, 5.74) is 5.29. The van der Waals surface area contributed by atoms with Crippen molar-refractivity contribution in [1.29, 1.82) is 0 Å². The number of allylic oxidation sites excluding steroid dienone is 1. The third-order valence-corrected chi connectivity index (χ3v) is 2.45. The largest absolute Gasteiger partial charge is 0.121 e. The predicted octanol–water partition coefficient (Wildman–Crippen LogP) is 2.26. The van der Waals surface area contributed by atoms with Crippen molar-refractivity contribution in [2.75, 3.05) is 0 Å². The molecule has 0 saturated heterocycles. The highest BCUT2D eigenvalue weighted by Gasteiger charge is 1.96. The second kappa shape index (κ2) is 4.00. The van der Waals surface area contributed by atoms with Crippen LogP contribution in [0.5, 0.6) is 0 Å². The summed E-state index contributed by atoms with van der Waals surface area (Å²) in [5.74, 6) is 0. The van der Waals surface area contributed by atoms with Gasteiger partial charge in [-0.2, -0.15) is 0 Å². The molecule has 0 N–H and O–H groups in total. The molecular weight excluding hydrogens is 180 g/mol. The van der Waals surface area contributed by atoms with Crippen molar-refractivity contribution in [3.63, 3.8) is 0 Å². The zero-order chi connectivity index (χ0) is 10.7. The molecule has 0 aliphatic heterocycles. The summed E-state index contributed by atoms with van der Waals surface area (Å²) in [6.45, 7) is 7.61. The Morgan fingerprint density at radius 3 is 1.73 bits per heavy atom. The van der Waals surface area contributed by atoms with Crippen molar-refractivity contribution in [1.82, 2.24) is 0 Å². The first-order chi connectivity index (χ1) is 7.35. The van der Waals surface area contributed by atoms with E-state index in [9.17, 15) is 0 Å². The highest BCUT2D eigenvalue weighted by atomic mass is 14.0. The van der Waals surface area contributed by atoms with Crippen LogP contribution in [0, 0.1) is 0 Å². The van der Waals surface area contributed by atoms with Crippen LogP contribution in [-0.4, -0.2) is 0 Å². The van der Waals surface area contributed by atoms with Crippen molar-refractivity contribution in [3.05, 3.63) is 64.7 Å². The van der Waals surface area contributed by atoms with Crippen molar-refractivity contribution in [2.45, 2.75) is 0 Å². The molecule has 72 valence electrons. The fourth-order valence-corrected chi connectivity index (χ4v) is 1.64. The highest BCUT2D eigenvalue weighted by molar-refractivity contribution is 5.65. The average molecular weight is 192 g/mol. The van der Waals surface area contributed by atoms with Gasteiger partial charge in [0, 0.05) is 0 Å².